The molecule has 0 amide bonds. The Labute approximate surface area is 103 Å². The van der Waals surface area contributed by atoms with Gasteiger partial charge >= 0.3 is 6.18 Å². The first kappa shape index (κ1) is 15.2. The predicted molar refractivity (Wildman–Crippen MR) is 58.5 cm³/mol. The molecule has 0 bridgehead atoms. The molecule has 0 spiro atoms. The number of Topliss-reactive ketones (excluding diaryl/α,β-unsaturated/α-hetero) is 1. The molecule has 2 N–H and O–H groups in total. The van der Waals surface area contributed by atoms with E-state index in [2.05, 4.69) is 0 Å². The molecule has 0 aromatic rings. The Bertz CT molecular complexity index is 403. The Morgan fingerprint density at radius 3 is 2.00 bits per heavy atom. The predicted octanol–water partition coefficient (Wildman–Crippen LogP) is 2.18. The lowest BCUT2D eigenvalue weighted by Crippen LogP contribution is -2.53. The normalized spacial score (nSPS) is 23.8. The SMILES string of the molecule is CC1(C)C=C(C(O)(O)C(F)(F)F)C(=O)C(C)(C)C1. The van der Waals surface area contributed by atoms with Crippen LogP contribution in [0.3, 0.4) is 0 Å². The Hall–Kier alpha value is -0.880. The Morgan fingerprint density at radius 2 is 1.61 bits per heavy atom. The zero-order valence-electron chi connectivity index (χ0n) is 10.7. The Kier molecular flexibility index (Phi) is 3.21. The second-order valence-electron chi connectivity index (χ2n) is 6.11. The number of rotatable bonds is 1. The summed E-state index contributed by atoms with van der Waals surface area (Å²) < 4.78 is 37.8. The molecule has 0 unspecified atom stereocenters. The van der Waals surface area contributed by atoms with E-state index in [1.807, 2.05) is 0 Å². The second-order valence-corrected chi connectivity index (χ2v) is 6.11. The number of alkyl halides is 3. The smallest absolute Gasteiger partial charge is 0.355 e. The van der Waals surface area contributed by atoms with Crippen molar-refractivity contribution in [1.29, 1.82) is 0 Å². The summed E-state index contributed by atoms with van der Waals surface area (Å²) in [5.41, 5.74) is -2.76. The van der Waals surface area contributed by atoms with E-state index < -0.39 is 34.1 Å². The van der Waals surface area contributed by atoms with E-state index in [0.29, 0.717) is 6.42 Å². The maximum atomic E-state index is 12.6. The molecule has 0 heterocycles. The lowest BCUT2D eigenvalue weighted by molar-refractivity contribution is -0.328. The minimum Gasteiger partial charge on any atom is -0.355 e. The maximum absolute atomic E-state index is 12.6. The van der Waals surface area contributed by atoms with Gasteiger partial charge in [-0.2, -0.15) is 13.2 Å². The Balaban J connectivity index is 3.39. The lowest BCUT2D eigenvalue weighted by Gasteiger charge is -2.41. The minimum absolute atomic E-state index is 0.344. The van der Waals surface area contributed by atoms with Crippen LogP contribution >= 0.6 is 0 Å². The highest BCUT2D eigenvalue weighted by atomic mass is 19.4. The van der Waals surface area contributed by atoms with Crippen LogP contribution in [0, 0.1) is 10.8 Å². The molecule has 0 aromatic heterocycles. The van der Waals surface area contributed by atoms with Crippen LogP contribution in [0.2, 0.25) is 0 Å². The minimum atomic E-state index is -5.31. The van der Waals surface area contributed by atoms with Crippen LogP contribution in [0.1, 0.15) is 34.1 Å². The van der Waals surface area contributed by atoms with Gasteiger partial charge in [0.25, 0.3) is 5.79 Å². The van der Waals surface area contributed by atoms with Gasteiger partial charge in [0.05, 0.1) is 5.57 Å². The molecule has 0 fully saturated rings. The third-order valence-corrected chi connectivity index (χ3v) is 3.06. The van der Waals surface area contributed by atoms with Crippen LogP contribution in [0.15, 0.2) is 11.6 Å². The van der Waals surface area contributed by atoms with Gasteiger partial charge in [0.15, 0.2) is 5.78 Å². The molecule has 0 aromatic carbocycles. The fourth-order valence-electron chi connectivity index (χ4n) is 2.50. The van der Waals surface area contributed by atoms with Crippen molar-refractivity contribution in [3.8, 4) is 0 Å². The summed E-state index contributed by atoms with van der Waals surface area (Å²) in [5.74, 6) is -4.98. The van der Waals surface area contributed by atoms with E-state index in [1.165, 1.54) is 13.8 Å². The summed E-state index contributed by atoms with van der Waals surface area (Å²) in [7, 11) is 0. The number of aliphatic hydroxyl groups is 2. The molecule has 6 heteroatoms. The first-order chi connectivity index (χ1) is 7.71. The van der Waals surface area contributed by atoms with Crippen LogP contribution < -0.4 is 0 Å². The molecular formula is C12H17F3O3. The van der Waals surface area contributed by atoms with Crippen molar-refractivity contribution in [2.75, 3.05) is 0 Å². The molecular weight excluding hydrogens is 249 g/mol. The average molecular weight is 266 g/mol. The number of allylic oxidation sites excluding steroid dienone is 1. The molecule has 0 radical (unpaired) electrons. The standard InChI is InChI=1S/C12H17F3O3/c1-9(2)5-7(8(16)10(3,4)6-9)11(17,18)12(13,14)15/h5,17-18H,6H2,1-4H3. The van der Waals surface area contributed by atoms with Crippen LogP contribution in [0.5, 0.6) is 0 Å². The molecule has 1 aliphatic carbocycles. The van der Waals surface area contributed by atoms with Crippen LogP contribution in [0.4, 0.5) is 13.2 Å². The van der Waals surface area contributed by atoms with E-state index in [4.69, 9.17) is 0 Å². The van der Waals surface area contributed by atoms with E-state index in [1.54, 1.807) is 13.8 Å². The lowest BCUT2D eigenvalue weighted by atomic mass is 9.64. The second kappa shape index (κ2) is 3.81. The molecule has 104 valence electrons. The van der Waals surface area contributed by atoms with Crippen molar-refractivity contribution < 1.29 is 28.2 Å². The number of hydrogen-bond acceptors (Lipinski definition) is 3. The monoisotopic (exact) mass is 266 g/mol. The van der Waals surface area contributed by atoms with Gasteiger partial charge in [-0.05, 0) is 11.8 Å². The van der Waals surface area contributed by atoms with Gasteiger partial charge in [0.2, 0.25) is 0 Å². The van der Waals surface area contributed by atoms with E-state index in [-0.39, 0.29) is 0 Å². The van der Waals surface area contributed by atoms with Crippen LogP contribution in [-0.2, 0) is 4.79 Å². The van der Waals surface area contributed by atoms with Gasteiger partial charge in [0.1, 0.15) is 0 Å². The Morgan fingerprint density at radius 1 is 1.17 bits per heavy atom. The van der Waals surface area contributed by atoms with Crippen molar-refractivity contribution in [3.05, 3.63) is 11.6 Å². The fourth-order valence-corrected chi connectivity index (χ4v) is 2.50. The maximum Gasteiger partial charge on any atom is 0.447 e. The highest BCUT2D eigenvalue weighted by Crippen LogP contribution is 2.47. The van der Waals surface area contributed by atoms with E-state index in [0.717, 1.165) is 6.08 Å². The summed E-state index contributed by atoms with van der Waals surface area (Å²) in [5, 5.41) is 18.5. The first-order valence-corrected chi connectivity index (χ1v) is 5.50. The van der Waals surface area contributed by atoms with Gasteiger partial charge in [0, 0.05) is 5.41 Å². The number of hydrogen-bond donors (Lipinski definition) is 2. The third kappa shape index (κ3) is 2.44. The summed E-state index contributed by atoms with van der Waals surface area (Å²) in [6, 6.07) is 0. The van der Waals surface area contributed by atoms with Gasteiger partial charge in [-0.15, -0.1) is 0 Å². The number of ketones is 1. The van der Waals surface area contributed by atoms with Crippen molar-refractivity contribution in [2.24, 2.45) is 10.8 Å². The molecule has 18 heavy (non-hydrogen) atoms. The third-order valence-electron chi connectivity index (χ3n) is 3.06. The molecule has 0 saturated carbocycles. The molecule has 1 rings (SSSR count). The highest BCUT2D eigenvalue weighted by molar-refractivity contribution is 6.02. The van der Waals surface area contributed by atoms with Gasteiger partial charge in [-0.3, -0.25) is 4.79 Å². The molecule has 0 saturated heterocycles. The van der Waals surface area contributed by atoms with Crippen molar-refractivity contribution in [3.63, 3.8) is 0 Å². The van der Waals surface area contributed by atoms with Crippen LogP contribution in [-0.4, -0.2) is 28.0 Å². The van der Waals surface area contributed by atoms with E-state index >= 15 is 0 Å². The zero-order valence-corrected chi connectivity index (χ0v) is 10.7. The average Bonchev–Trinajstić information content (AvgIpc) is 2.07. The molecule has 1 aliphatic rings. The molecule has 0 aliphatic heterocycles. The number of carbonyl (C=O) groups is 1. The quantitative estimate of drug-likeness (QED) is 0.715. The van der Waals surface area contributed by atoms with Gasteiger partial charge in [-0.1, -0.05) is 33.8 Å². The number of halogens is 3. The number of carbonyl (C=O) groups excluding carboxylic acids is 1. The topological polar surface area (TPSA) is 57.5 Å². The zero-order chi connectivity index (χ0) is 14.6. The molecule has 3 nitrogen and oxygen atoms in total. The van der Waals surface area contributed by atoms with Crippen molar-refractivity contribution in [1.82, 2.24) is 0 Å². The largest absolute Gasteiger partial charge is 0.447 e. The highest BCUT2D eigenvalue weighted by Gasteiger charge is 2.60. The van der Waals surface area contributed by atoms with Crippen LogP contribution in [0.25, 0.3) is 0 Å². The van der Waals surface area contributed by atoms with Gasteiger partial charge in [-0.25, -0.2) is 0 Å². The fraction of sp³-hybridized carbons (Fsp3) is 0.750. The summed E-state index contributed by atoms with van der Waals surface area (Å²) in [6.07, 6.45) is -3.96. The summed E-state index contributed by atoms with van der Waals surface area (Å²) in [4.78, 5) is 11.9. The van der Waals surface area contributed by atoms with E-state index in [9.17, 15) is 28.2 Å². The summed E-state index contributed by atoms with van der Waals surface area (Å²) >= 11 is 0. The van der Waals surface area contributed by atoms with Crippen molar-refractivity contribution >= 4 is 5.78 Å². The molecule has 0 atom stereocenters. The van der Waals surface area contributed by atoms with Gasteiger partial charge < -0.3 is 10.2 Å². The first-order valence-electron chi connectivity index (χ1n) is 5.50. The summed E-state index contributed by atoms with van der Waals surface area (Å²) in [6.45, 7) is 6.29. The van der Waals surface area contributed by atoms with Crippen molar-refractivity contribution in [2.45, 2.75) is 46.1 Å².